The molecule has 0 saturated carbocycles. The molecular formula is C7H4N2O2. The summed E-state index contributed by atoms with van der Waals surface area (Å²) in [6, 6.07) is 7.31. The van der Waals surface area contributed by atoms with Gasteiger partial charge in [-0.3, -0.25) is 10.1 Å². The third-order valence-corrected chi connectivity index (χ3v) is 1.21. The summed E-state index contributed by atoms with van der Waals surface area (Å²) < 4.78 is 0. The maximum Gasteiger partial charge on any atom is 0.269 e. The summed E-state index contributed by atoms with van der Waals surface area (Å²) in [4.78, 5) is 9.62. The first-order valence-electron chi connectivity index (χ1n) is 2.88. The Balaban J connectivity index is 3.03. The molecule has 1 rings (SSSR count). The lowest BCUT2D eigenvalue weighted by atomic mass is 10.3. The van der Waals surface area contributed by atoms with E-state index in [2.05, 4.69) is 0 Å². The fourth-order valence-electron chi connectivity index (χ4n) is 0.658. The van der Waals surface area contributed by atoms with Crippen molar-refractivity contribution in [3.63, 3.8) is 0 Å². The minimum atomic E-state index is -0.499. The van der Waals surface area contributed by atoms with Crippen LogP contribution in [0, 0.1) is 21.4 Å². The lowest BCUT2D eigenvalue weighted by Gasteiger charge is -1.88. The predicted octanol–water partition coefficient (Wildman–Crippen LogP) is 1.47. The summed E-state index contributed by atoms with van der Waals surface area (Å²) in [6.45, 7) is 0. The van der Waals surface area contributed by atoms with Crippen LogP contribution in [0.4, 0.5) is 5.69 Å². The van der Waals surface area contributed by atoms with Crippen molar-refractivity contribution in [1.82, 2.24) is 0 Å². The van der Waals surface area contributed by atoms with Crippen LogP contribution in [0.15, 0.2) is 24.3 Å². The smallest absolute Gasteiger partial charge is 0.258 e. The van der Waals surface area contributed by atoms with Gasteiger partial charge in [-0.25, -0.2) is 0 Å². The molecule has 0 heterocycles. The first kappa shape index (κ1) is 7.22. The second kappa shape index (κ2) is 2.80. The Bertz CT molecular complexity index is 310. The molecule has 0 saturated heterocycles. The van der Waals surface area contributed by atoms with Crippen molar-refractivity contribution in [1.29, 1.82) is 5.26 Å². The van der Waals surface area contributed by atoms with Gasteiger partial charge in [0.15, 0.2) is 0 Å². The number of nitrogens with zero attached hydrogens (tertiary/aromatic N) is 2. The molecule has 0 radical (unpaired) electrons. The van der Waals surface area contributed by atoms with Crippen molar-refractivity contribution >= 4 is 5.69 Å². The van der Waals surface area contributed by atoms with Crippen LogP contribution < -0.4 is 0 Å². The summed E-state index contributed by atoms with van der Waals surface area (Å²) >= 11 is 0. The van der Waals surface area contributed by atoms with Crippen molar-refractivity contribution < 1.29 is 4.92 Å². The van der Waals surface area contributed by atoms with Crippen LogP contribution in [0.1, 0.15) is 5.56 Å². The van der Waals surface area contributed by atoms with E-state index >= 15 is 0 Å². The molecule has 11 heavy (non-hydrogen) atoms. The van der Waals surface area contributed by atoms with Crippen LogP contribution in [0.25, 0.3) is 0 Å². The van der Waals surface area contributed by atoms with Gasteiger partial charge in [0.05, 0.1) is 16.6 Å². The second-order valence-corrected chi connectivity index (χ2v) is 1.92. The molecule has 1 aromatic carbocycles. The first-order valence-corrected chi connectivity index (χ1v) is 2.88. The maximum atomic E-state index is 10.1. The standard InChI is InChI=1S/C7H4N2O2/c8-5-6-1-3-7(4-2-6)9(10)11/h1-4H/i5+1. The third kappa shape index (κ3) is 1.52. The normalized spacial score (nSPS) is 8.64. The molecule has 1 aromatic rings. The highest BCUT2D eigenvalue weighted by Crippen LogP contribution is 2.10. The van der Waals surface area contributed by atoms with E-state index in [1.807, 2.05) is 6.07 Å². The molecule has 0 aromatic heterocycles. The van der Waals surface area contributed by atoms with Gasteiger partial charge in [0, 0.05) is 12.1 Å². The average molecular weight is 149 g/mol. The summed E-state index contributed by atoms with van der Waals surface area (Å²) in [5, 5.41) is 18.5. The number of nitro groups is 1. The average Bonchev–Trinajstić information content (AvgIpc) is 2.05. The lowest BCUT2D eigenvalue weighted by molar-refractivity contribution is -0.384. The summed E-state index contributed by atoms with van der Waals surface area (Å²) in [7, 11) is 0. The van der Waals surface area contributed by atoms with E-state index in [9.17, 15) is 10.1 Å². The molecule has 54 valence electrons. The fourth-order valence-corrected chi connectivity index (χ4v) is 0.658. The van der Waals surface area contributed by atoms with Gasteiger partial charge >= 0.3 is 0 Å². The monoisotopic (exact) mass is 149 g/mol. The van der Waals surface area contributed by atoms with Crippen LogP contribution in [0.3, 0.4) is 0 Å². The zero-order valence-corrected chi connectivity index (χ0v) is 5.52. The number of benzene rings is 1. The summed E-state index contributed by atoms with van der Waals surface area (Å²) in [6.07, 6.45) is 0. The largest absolute Gasteiger partial charge is 0.269 e. The van der Waals surface area contributed by atoms with Crippen LogP contribution in [-0.2, 0) is 0 Å². The minimum Gasteiger partial charge on any atom is -0.258 e. The Morgan fingerprint density at radius 1 is 1.36 bits per heavy atom. The number of nitro benzene ring substituents is 1. The van der Waals surface area contributed by atoms with E-state index in [0.29, 0.717) is 5.56 Å². The highest BCUT2D eigenvalue weighted by atomic mass is 16.6. The number of hydrogen-bond donors (Lipinski definition) is 0. The Labute approximate surface area is 62.8 Å². The van der Waals surface area contributed by atoms with Crippen molar-refractivity contribution in [3.8, 4) is 6.07 Å². The number of rotatable bonds is 1. The van der Waals surface area contributed by atoms with Crippen LogP contribution in [0.5, 0.6) is 0 Å². The Morgan fingerprint density at radius 2 is 1.91 bits per heavy atom. The van der Waals surface area contributed by atoms with E-state index < -0.39 is 4.92 Å². The molecule has 0 spiro atoms. The molecule has 0 atom stereocenters. The van der Waals surface area contributed by atoms with Gasteiger partial charge in [-0.1, -0.05) is 0 Å². The van der Waals surface area contributed by atoms with E-state index in [-0.39, 0.29) is 5.69 Å². The Morgan fingerprint density at radius 3 is 2.27 bits per heavy atom. The van der Waals surface area contributed by atoms with Crippen molar-refractivity contribution in [2.45, 2.75) is 0 Å². The number of nitriles is 1. The van der Waals surface area contributed by atoms with E-state index in [0.717, 1.165) is 0 Å². The predicted molar refractivity (Wildman–Crippen MR) is 37.8 cm³/mol. The zero-order chi connectivity index (χ0) is 8.27. The molecule has 0 aliphatic rings. The van der Waals surface area contributed by atoms with Gasteiger partial charge in [0.1, 0.15) is 0 Å². The number of hydrogen-bond acceptors (Lipinski definition) is 3. The quantitative estimate of drug-likeness (QED) is 0.345. The van der Waals surface area contributed by atoms with Crippen LogP contribution in [-0.4, -0.2) is 4.92 Å². The molecule has 0 unspecified atom stereocenters. The summed E-state index contributed by atoms with van der Waals surface area (Å²) in [5.74, 6) is 0. The molecule has 0 bridgehead atoms. The first-order chi connectivity index (χ1) is 5.24. The molecule has 0 aliphatic carbocycles. The Kier molecular flexibility index (Phi) is 1.83. The van der Waals surface area contributed by atoms with Gasteiger partial charge in [-0.2, -0.15) is 5.26 Å². The molecule has 0 amide bonds. The second-order valence-electron chi connectivity index (χ2n) is 1.92. The van der Waals surface area contributed by atoms with Gasteiger partial charge in [0.25, 0.3) is 5.69 Å². The third-order valence-electron chi connectivity index (χ3n) is 1.21. The van der Waals surface area contributed by atoms with Gasteiger partial charge < -0.3 is 0 Å². The lowest BCUT2D eigenvalue weighted by Crippen LogP contribution is -1.86. The summed E-state index contributed by atoms with van der Waals surface area (Å²) in [5.41, 5.74) is 0.430. The van der Waals surface area contributed by atoms with Gasteiger partial charge in [-0.05, 0) is 12.1 Å². The van der Waals surface area contributed by atoms with Crippen molar-refractivity contribution in [2.75, 3.05) is 0 Å². The topological polar surface area (TPSA) is 66.9 Å². The van der Waals surface area contributed by atoms with E-state index in [4.69, 9.17) is 5.26 Å². The molecule has 4 nitrogen and oxygen atoms in total. The highest BCUT2D eigenvalue weighted by molar-refractivity contribution is 5.38. The van der Waals surface area contributed by atoms with Crippen molar-refractivity contribution in [3.05, 3.63) is 39.9 Å². The van der Waals surface area contributed by atoms with Crippen LogP contribution in [0.2, 0.25) is 0 Å². The van der Waals surface area contributed by atoms with E-state index in [1.54, 1.807) is 0 Å². The van der Waals surface area contributed by atoms with Gasteiger partial charge in [-0.15, -0.1) is 0 Å². The maximum absolute atomic E-state index is 10.1. The Hall–Kier alpha value is -1.89. The van der Waals surface area contributed by atoms with E-state index in [1.165, 1.54) is 24.3 Å². The minimum absolute atomic E-state index is 0.00370. The zero-order valence-electron chi connectivity index (χ0n) is 5.52. The number of non-ortho nitro benzene ring substituents is 1. The molecular weight excluding hydrogens is 145 g/mol. The van der Waals surface area contributed by atoms with Crippen LogP contribution >= 0.6 is 0 Å². The molecule has 0 N–H and O–H groups in total. The molecule has 0 aliphatic heterocycles. The SMILES string of the molecule is N#[13C]c1ccc([N+](=O)[O-])cc1. The molecule has 4 heteroatoms. The highest BCUT2D eigenvalue weighted by Gasteiger charge is 2.02. The fraction of sp³-hybridized carbons (Fsp3) is 0. The molecule has 0 fully saturated rings. The van der Waals surface area contributed by atoms with Crippen molar-refractivity contribution in [2.24, 2.45) is 0 Å². The van der Waals surface area contributed by atoms with Gasteiger partial charge in [0.2, 0.25) is 0 Å².